The van der Waals surface area contributed by atoms with Gasteiger partial charge in [0.15, 0.2) is 0 Å². The molecule has 4 heteroatoms. The molecule has 0 saturated carbocycles. The van der Waals surface area contributed by atoms with Crippen molar-refractivity contribution in [3.8, 4) is 0 Å². The summed E-state index contributed by atoms with van der Waals surface area (Å²) in [5.41, 5.74) is 6.95. The third-order valence-corrected chi connectivity index (χ3v) is 3.39. The molecule has 4 nitrogen and oxygen atoms in total. The summed E-state index contributed by atoms with van der Waals surface area (Å²) in [7, 11) is 0. The van der Waals surface area contributed by atoms with Crippen LogP contribution in [0.2, 0.25) is 0 Å². The van der Waals surface area contributed by atoms with Crippen LogP contribution in [-0.2, 0) is 11.3 Å². The monoisotopic (exact) mass is 261 g/mol. The molecule has 1 aromatic rings. The number of nitrogens with zero attached hydrogens (tertiary/aromatic N) is 1. The summed E-state index contributed by atoms with van der Waals surface area (Å²) in [6.07, 6.45) is 1.44. The second-order valence-corrected chi connectivity index (χ2v) is 5.46. The van der Waals surface area contributed by atoms with E-state index in [4.69, 9.17) is 5.73 Å². The van der Waals surface area contributed by atoms with Gasteiger partial charge in [0, 0.05) is 38.1 Å². The topological polar surface area (TPSA) is 58.4 Å². The minimum Gasteiger partial charge on any atom is -0.352 e. The molecule has 2 atom stereocenters. The standard InChI is InChI=1S/C15H23N3O/c1-12(16)9-15(19)17-14-7-8-18(11-14)10-13-5-3-2-4-6-13/h2-6,12,14H,7-11,16H2,1H3,(H,17,19). The van der Waals surface area contributed by atoms with Gasteiger partial charge in [0.05, 0.1) is 0 Å². The summed E-state index contributed by atoms with van der Waals surface area (Å²) < 4.78 is 0. The molecule has 1 amide bonds. The van der Waals surface area contributed by atoms with Crippen LogP contribution in [-0.4, -0.2) is 36.0 Å². The van der Waals surface area contributed by atoms with Crippen molar-refractivity contribution in [2.75, 3.05) is 13.1 Å². The fourth-order valence-corrected chi connectivity index (χ4v) is 2.51. The minimum atomic E-state index is -0.0678. The molecule has 0 spiro atoms. The van der Waals surface area contributed by atoms with Crippen LogP contribution in [0.5, 0.6) is 0 Å². The molecule has 19 heavy (non-hydrogen) atoms. The van der Waals surface area contributed by atoms with E-state index < -0.39 is 0 Å². The SMILES string of the molecule is CC(N)CC(=O)NC1CCN(Cc2ccccc2)C1. The maximum absolute atomic E-state index is 11.7. The molecular weight excluding hydrogens is 238 g/mol. The molecule has 1 saturated heterocycles. The lowest BCUT2D eigenvalue weighted by molar-refractivity contribution is -0.121. The van der Waals surface area contributed by atoms with Gasteiger partial charge in [-0.1, -0.05) is 30.3 Å². The lowest BCUT2D eigenvalue weighted by Crippen LogP contribution is -2.39. The average Bonchev–Trinajstić information content (AvgIpc) is 2.76. The molecule has 3 N–H and O–H groups in total. The van der Waals surface area contributed by atoms with Crippen LogP contribution in [0, 0.1) is 0 Å². The van der Waals surface area contributed by atoms with E-state index in [1.165, 1.54) is 5.56 Å². The van der Waals surface area contributed by atoms with Gasteiger partial charge in [0.2, 0.25) is 5.91 Å². The van der Waals surface area contributed by atoms with E-state index in [9.17, 15) is 4.79 Å². The third kappa shape index (κ3) is 4.65. The van der Waals surface area contributed by atoms with Crippen molar-refractivity contribution in [1.29, 1.82) is 0 Å². The molecular formula is C15H23N3O. The van der Waals surface area contributed by atoms with Gasteiger partial charge >= 0.3 is 0 Å². The predicted molar refractivity (Wildman–Crippen MR) is 76.5 cm³/mol. The number of carbonyl (C=O) groups is 1. The first-order valence-corrected chi connectivity index (χ1v) is 6.94. The molecule has 2 unspecified atom stereocenters. The third-order valence-electron chi connectivity index (χ3n) is 3.39. The summed E-state index contributed by atoms with van der Waals surface area (Å²) in [6, 6.07) is 10.6. The van der Waals surface area contributed by atoms with Crippen molar-refractivity contribution >= 4 is 5.91 Å². The van der Waals surface area contributed by atoms with Crippen LogP contribution in [0.25, 0.3) is 0 Å². The Balaban J connectivity index is 1.76. The Morgan fingerprint density at radius 3 is 2.89 bits per heavy atom. The van der Waals surface area contributed by atoms with Crippen LogP contribution in [0.15, 0.2) is 30.3 Å². The highest BCUT2D eigenvalue weighted by Gasteiger charge is 2.23. The lowest BCUT2D eigenvalue weighted by Gasteiger charge is -2.17. The van der Waals surface area contributed by atoms with Crippen molar-refractivity contribution in [1.82, 2.24) is 10.2 Å². The average molecular weight is 261 g/mol. The number of hydrogen-bond donors (Lipinski definition) is 2. The summed E-state index contributed by atoms with van der Waals surface area (Å²) in [6.45, 7) is 4.79. The van der Waals surface area contributed by atoms with Crippen molar-refractivity contribution in [2.24, 2.45) is 5.73 Å². The second kappa shape index (κ2) is 6.68. The van der Waals surface area contributed by atoms with E-state index >= 15 is 0 Å². The highest BCUT2D eigenvalue weighted by molar-refractivity contribution is 5.76. The minimum absolute atomic E-state index is 0.0678. The predicted octanol–water partition coefficient (Wildman–Crippen LogP) is 1.11. The zero-order valence-corrected chi connectivity index (χ0v) is 11.5. The number of rotatable bonds is 5. The molecule has 1 aliphatic heterocycles. The highest BCUT2D eigenvalue weighted by Crippen LogP contribution is 2.13. The number of likely N-dealkylation sites (tertiary alicyclic amines) is 1. The molecule has 1 fully saturated rings. The van der Waals surface area contributed by atoms with E-state index in [0.717, 1.165) is 26.1 Å². The Morgan fingerprint density at radius 1 is 1.47 bits per heavy atom. The molecule has 2 rings (SSSR count). The molecule has 0 aliphatic carbocycles. The fourth-order valence-electron chi connectivity index (χ4n) is 2.51. The van der Waals surface area contributed by atoms with Crippen molar-refractivity contribution in [2.45, 2.75) is 38.4 Å². The van der Waals surface area contributed by atoms with E-state index in [1.54, 1.807) is 0 Å². The van der Waals surface area contributed by atoms with Gasteiger partial charge in [-0.15, -0.1) is 0 Å². The molecule has 1 heterocycles. The van der Waals surface area contributed by atoms with Gasteiger partial charge in [-0.3, -0.25) is 9.69 Å². The number of hydrogen-bond acceptors (Lipinski definition) is 3. The Bertz CT molecular complexity index is 405. The second-order valence-electron chi connectivity index (χ2n) is 5.46. The molecule has 0 aromatic heterocycles. The van der Waals surface area contributed by atoms with Crippen LogP contribution in [0.3, 0.4) is 0 Å². The summed E-state index contributed by atoms with van der Waals surface area (Å²) in [5.74, 6) is 0.0709. The van der Waals surface area contributed by atoms with E-state index in [2.05, 4.69) is 34.5 Å². The summed E-state index contributed by atoms with van der Waals surface area (Å²) in [5, 5.41) is 3.07. The fraction of sp³-hybridized carbons (Fsp3) is 0.533. The molecule has 1 aliphatic rings. The van der Waals surface area contributed by atoms with E-state index in [0.29, 0.717) is 6.42 Å². The molecule has 1 aromatic carbocycles. The van der Waals surface area contributed by atoms with E-state index in [1.807, 2.05) is 13.0 Å². The summed E-state index contributed by atoms with van der Waals surface area (Å²) >= 11 is 0. The van der Waals surface area contributed by atoms with Gasteiger partial charge in [0.25, 0.3) is 0 Å². The number of carbonyl (C=O) groups excluding carboxylic acids is 1. The van der Waals surface area contributed by atoms with Crippen LogP contribution in [0.4, 0.5) is 0 Å². The van der Waals surface area contributed by atoms with Crippen LogP contribution < -0.4 is 11.1 Å². The van der Waals surface area contributed by atoms with Crippen LogP contribution in [0.1, 0.15) is 25.3 Å². The van der Waals surface area contributed by atoms with Crippen molar-refractivity contribution < 1.29 is 4.79 Å². The molecule has 0 bridgehead atoms. The molecule has 0 radical (unpaired) electrons. The Morgan fingerprint density at radius 2 is 2.21 bits per heavy atom. The molecule has 104 valence electrons. The van der Waals surface area contributed by atoms with Gasteiger partial charge in [-0.05, 0) is 18.9 Å². The zero-order valence-electron chi connectivity index (χ0n) is 11.5. The van der Waals surface area contributed by atoms with E-state index in [-0.39, 0.29) is 18.0 Å². The Hall–Kier alpha value is -1.39. The normalized spacial score (nSPS) is 21.3. The zero-order chi connectivity index (χ0) is 13.7. The quantitative estimate of drug-likeness (QED) is 0.835. The number of benzene rings is 1. The maximum atomic E-state index is 11.7. The largest absolute Gasteiger partial charge is 0.352 e. The highest BCUT2D eigenvalue weighted by atomic mass is 16.1. The smallest absolute Gasteiger partial charge is 0.221 e. The number of nitrogens with one attached hydrogen (secondary N) is 1. The van der Waals surface area contributed by atoms with Crippen molar-refractivity contribution in [3.63, 3.8) is 0 Å². The van der Waals surface area contributed by atoms with Gasteiger partial charge < -0.3 is 11.1 Å². The number of nitrogens with two attached hydrogens (primary N) is 1. The first kappa shape index (κ1) is 14.0. The van der Waals surface area contributed by atoms with Gasteiger partial charge in [-0.25, -0.2) is 0 Å². The van der Waals surface area contributed by atoms with Crippen molar-refractivity contribution in [3.05, 3.63) is 35.9 Å². The first-order chi connectivity index (χ1) is 9.13. The van der Waals surface area contributed by atoms with Gasteiger partial charge in [-0.2, -0.15) is 0 Å². The summed E-state index contributed by atoms with van der Waals surface area (Å²) in [4.78, 5) is 14.0. The lowest BCUT2D eigenvalue weighted by atomic mass is 10.2. The number of amides is 1. The van der Waals surface area contributed by atoms with Gasteiger partial charge in [0.1, 0.15) is 0 Å². The van der Waals surface area contributed by atoms with Crippen LogP contribution >= 0.6 is 0 Å². The maximum Gasteiger partial charge on any atom is 0.221 e. The Labute approximate surface area is 115 Å². The Kier molecular flexibility index (Phi) is 4.93. The first-order valence-electron chi connectivity index (χ1n) is 6.94.